The lowest BCUT2D eigenvalue weighted by molar-refractivity contribution is -0.268. The first-order valence-corrected chi connectivity index (χ1v) is 18.4. The number of thioether (sulfide) groups is 1. The molecule has 0 spiro atoms. The average Bonchev–Trinajstić information content (AvgIpc) is 3.15. The number of carbonyl (C=O) groups is 3. The summed E-state index contributed by atoms with van der Waals surface area (Å²) in [6.45, 7) is 4.68. The summed E-state index contributed by atoms with van der Waals surface area (Å²) in [4.78, 5) is 35.6. The Morgan fingerprint density at radius 1 is 0.784 bits per heavy atom. The van der Waals surface area contributed by atoms with Gasteiger partial charge in [-0.15, -0.1) is 11.8 Å². The highest BCUT2D eigenvalue weighted by atomic mass is 32.2. The van der Waals surface area contributed by atoms with Crippen molar-refractivity contribution in [3.8, 4) is 11.1 Å². The number of benzene rings is 4. The van der Waals surface area contributed by atoms with Crippen LogP contribution in [0.2, 0.25) is 0 Å². The zero-order valence-corrected chi connectivity index (χ0v) is 29.9. The van der Waals surface area contributed by atoms with E-state index in [4.69, 9.17) is 9.47 Å². The zero-order valence-electron chi connectivity index (χ0n) is 29.0. The highest BCUT2D eigenvalue weighted by Crippen LogP contribution is 2.43. The molecular weight excluding hydrogens is 665 g/mol. The summed E-state index contributed by atoms with van der Waals surface area (Å²) in [5.41, 5.74) is 6.07. The van der Waals surface area contributed by atoms with Crippen molar-refractivity contribution in [1.82, 2.24) is 10.6 Å². The van der Waals surface area contributed by atoms with Gasteiger partial charge in [-0.2, -0.15) is 0 Å². The van der Waals surface area contributed by atoms with Gasteiger partial charge in [-0.3, -0.25) is 9.59 Å². The van der Waals surface area contributed by atoms with Gasteiger partial charge in [0.25, 0.3) is 0 Å². The van der Waals surface area contributed by atoms with Crippen LogP contribution in [0.3, 0.4) is 0 Å². The number of aliphatic hydroxyl groups excluding tert-OH is 1. The molecule has 2 amide bonds. The average molecular weight is 711 g/mol. The van der Waals surface area contributed by atoms with E-state index in [1.54, 1.807) is 23.9 Å². The normalized spacial score (nSPS) is 18.6. The Morgan fingerprint density at radius 3 is 2.20 bits per heavy atom. The SMILES string of the molecule is CC(=O)NCCCCCC(=O)NCc1cccc(-c2ccc([C@H]3O[C@@H](CSc4ccc(C(=O)O)cc4)[C@@H](C)[C@@H](c4ccc(CO)cc4)O3)cc2)c1. The summed E-state index contributed by atoms with van der Waals surface area (Å²) in [6.07, 6.45) is 1.97. The molecule has 4 aromatic carbocycles. The van der Waals surface area contributed by atoms with E-state index in [1.807, 2.05) is 66.7 Å². The van der Waals surface area contributed by atoms with Crippen molar-refractivity contribution in [2.45, 2.75) is 76.1 Å². The molecule has 1 aliphatic rings. The second kappa shape index (κ2) is 18.7. The van der Waals surface area contributed by atoms with E-state index in [-0.39, 0.29) is 42.1 Å². The molecule has 4 aromatic rings. The molecule has 0 radical (unpaired) electrons. The summed E-state index contributed by atoms with van der Waals surface area (Å²) in [5, 5.41) is 24.6. The van der Waals surface area contributed by atoms with Crippen LogP contribution in [0.5, 0.6) is 0 Å². The van der Waals surface area contributed by atoms with Crippen LogP contribution >= 0.6 is 11.8 Å². The first-order chi connectivity index (χ1) is 24.7. The Morgan fingerprint density at radius 2 is 1.51 bits per heavy atom. The Hall–Kier alpha value is -4.48. The Labute approximate surface area is 303 Å². The molecule has 4 atom stereocenters. The van der Waals surface area contributed by atoms with Gasteiger partial charge < -0.3 is 30.3 Å². The molecule has 0 bridgehead atoms. The monoisotopic (exact) mass is 710 g/mol. The molecule has 1 fully saturated rings. The number of carboxylic acid groups (broad SMARTS) is 1. The van der Waals surface area contributed by atoms with E-state index in [0.29, 0.717) is 25.3 Å². The molecule has 4 N–H and O–H groups in total. The van der Waals surface area contributed by atoms with Crippen molar-refractivity contribution in [3.05, 3.63) is 125 Å². The number of unbranched alkanes of at least 4 members (excludes halogenated alkanes) is 2. The molecule has 1 heterocycles. The summed E-state index contributed by atoms with van der Waals surface area (Å²) < 4.78 is 13.2. The van der Waals surface area contributed by atoms with Crippen LogP contribution in [0.25, 0.3) is 11.1 Å². The third-order valence-corrected chi connectivity index (χ3v) is 10.1. The van der Waals surface area contributed by atoms with Crippen LogP contribution in [0, 0.1) is 5.92 Å². The molecule has 51 heavy (non-hydrogen) atoms. The number of rotatable bonds is 16. The summed E-state index contributed by atoms with van der Waals surface area (Å²) in [5.74, 6) is -0.300. The lowest BCUT2D eigenvalue weighted by Gasteiger charge is -2.41. The van der Waals surface area contributed by atoms with Gasteiger partial charge in [0.15, 0.2) is 6.29 Å². The molecule has 0 unspecified atom stereocenters. The van der Waals surface area contributed by atoms with Crippen LogP contribution in [0.15, 0.2) is 102 Å². The van der Waals surface area contributed by atoms with Crippen molar-refractivity contribution in [3.63, 3.8) is 0 Å². The van der Waals surface area contributed by atoms with Crippen LogP contribution < -0.4 is 10.6 Å². The van der Waals surface area contributed by atoms with Gasteiger partial charge in [0.1, 0.15) is 0 Å². The molecule has 268 valence electrons. The maximum Gasteiger partial charge on any atom is 0.335 e. The molecular formula is C41H46N2O7S. The standard InChI is InChI=1S/C41H46N2O7S/c1-27-37(26-51-36-20-18-33(19-21-36)40(47)48)49-41(50-39(27)32-12-10-29(25-44)11-13-32)34-16-14-31(15-17-34)35-8-6-7-30(23-35)24-43-38(46)9-4-3-5-22-42-28(2)45/h6-8,10-21,23,27,37,39,41,44H,3-5,9,22,24-26H2,1-2H3,(H,42,45)(H,43,46)(H,47,48)/t27-,37+,39+,41+/m1/s1. The molecule has 0 saturated carbocycles. The molecule has 0 aliphatic carbocycles. The van der Waals surface area contributed by atoms with Crippen LogP contribution in [-0.4, -0.2) is 46.4 Å². The smallest absolute Gasteiger partial charge is 0.335 e. The lowest BCUT2D eigenvalue weighted by Crippen LogP contribution is -2.38. The Balaban J connectivity index is 1.23. The number of ether oxygens (including phenoxy) is 2. The van der Waals surface area contributed by atoms with E-state index in [2.05, 4.69) is 35.8 Å². The van der Waals surface area contributed by atoms with Crippen molar-refractivity contribution >= 4 is 29.5 Å². The van der Waals surface area contributed by atoms with Crippen LogP contribution in [-0.2, 0) is 32.2 Å². The number of aromatic carboxylic acids is 1. The van der Waals surface area contributed by atoms with Gasteiger partial charge >= 0.3 is 5.97 Å². The molecule has 0 aromatic heterocycles. The molecule has 1 saturated heterocycles. The van der Waals surface area contributed by atoms with Crippen LogP contribution in [0.4, 0.5) is 0 Å². The van der Waals surface area contributed by atoms with Crippen molar-refractivity contribution in [2.75, 3.05) is 12.3 Å². The Bertz CT molecular complexity index is 1750. The van der Waals surface area contributed by atoms with E-state index < -0.39 is 12.3 Å². The zero-order chi connectivity index (χ0) is 36.2. The maximum absolute atomic E-state index is 12.4. The topological polar surface area (TPSA) is 134 Å². The minimum Gasteiger partial charge on any atom is -0.478 e. The van der Waals surface area contributed by atoms with Gasteiger partial charge in [0.2, 0.25) is 11.8 Å². The summed E-state index contributed by atoms with van der Waals surface area (Å²) >= 11 is 1.62. The van der Waals surface area contributed by atoms with E-state index in [1.165, 1.54) is 6.92 Å². The van der Waals surface area contributed by atoms with E-state index >= 15 is 0 Å². The fourth-order valence-electron chi connectivity index (χ4n) is 6.02. The predicted octanol–water partition coefficient (Wildman–Crippen LogP) is 7.44. The number of nitrogens with one attached hydrogen (secondary N) is 2. The fraction of sp³-hybridized carbons (Fsp3) is 0.341. The number of hydrogen-bond acceptors (Lipinski definition) is 7. The Kier molecular flexibility index (Phi) is 13.8. The maximum atomic E-state index is 12.4. The lowest BCUT2D eigenvalue weighted by atomic mass is 9.91. The third kappa shape index (κ3) is 11.0. The third-order valence-electron chi connectivity index (χ3n) is 9.03. The van der Waals surface area contributed by atoms with Gasteiger partial charge in [-0.05, 0) is 71.0 Å². The fourth-order valence-corrected chi connectivity index (χ4v) is 7.08. The minimum absolute atomic E-state index is 0.0153. The van der Waals surface area contributed by atoms with Gasteiger partial charge in [0, 0.05) is 48.6 Å². The largest absolute Gasteiger partial charge is 0.478 e. The van der Waals surface area contributed by atoms with Gasteiger partial charge in [0.05, 0.1) is 24.4 Å². The number of carboxylic acids is 1. The molecule has 1 aliphatic heterocycles. The summed E-state index contributed by atoms with van der Waals surface area (Å²) in [6, 6.07) is 31.0. The van der Waals surface area contributed by atoms with Crippen LogP contribution in [0.1, 0.15) is 84.5 Å². The number of hydrogen-bond donors (Lipinski definition) is 4. The number of amides is 2. The number of carbonyl (C=O) groups excluding carboxylic acids is 2. The van der Waals surface area contributed by atoms with Crippen molar-refractivity contribution in [2.24, 2.45) is 5.92 Å². The van der Waals surface area contributed by atoms with Gasteiger partial charge in [-0.1, -0.05) is 80.1 Å². The molecule has 10 heteroatoms. The first-order valence-electron chi connectivity index (χ1n) is 17.4. The quantitative estimate of drug-likeness (QED) is 0.0697. The van der Waals surface area contributed by atoms with Crippen molar-refractivity contribution < 1.29 is 34.1 Å². The van der Waals surface area contributed by atoms with Gasteiger partial charge in [-0.25, -0.2) is 4.79 Å². The highest BCUT2D eigenvalue weighted by Gasteiger charge is 2.38. The first kappa shape index (κ1) is 37.8. The molecule has 5 rings (SSSR count). The predicted molar refractivity (Wildman–Crippen MR) is 198 cm³/mol. The second-order valence-corrected chi connectivity index (χ2v) is 13.9. The van der Waals surface area contributed by atoms with Crippen molar-refractivity contribution in [1.29, 1.82) is 0 Å². The molecule has 9 nitrogen and oxygen atoms in total. The van der Waals surface area contributed by atoms with E-state index in [9.17, 15) is 24.6 Å². The minimum atomic E-state index is -0.951. The summed E-state index contributed by atoms with van der Waals surface area (Å²) in [7, 11) is 0. The second-order valence-electron chi connectivity index (χ2n) is 12.9. The highest BCUT2D eigenvalue weighted by molar-refractivity contribution is 7.99. The van der Waals surface area contributed by atoms with E-state index in [0.717, 1.165) is 57.5 Å². The number of aliphatic hydroxyl groups is 1.